The molecule has 0 atom stereocenters. The predicted octanol–water partition coefficient (Wildman–Crippen LogP) is 6.16. The first-order valence-corrected chi connectivity index (χ1v) is 12.4. The van der Waals surface area contributed by atoms with Gasteiger partial charge >= 0.3 is 6.03 Å². The Morgan fingerprint density at radius 2 is 1.86 bits per heavy atom. The number of anilines is 1. The number of urea groups is 1. The van der Waals surface area contributed by atoms with Crippen LogP contribution in [0.25, 0.3) is 5.69 Å². The molecule has 3 aromatic carbocycles. The normalized spacial score (nSPS) is 10.7. The number of halogens is 1. The minimum atomic E-state index is -0.322. The molecule has 0 bridgehead atoms. The summed E-state index contributed by atoms with van der Waals surface area (Å²) in [5.41, 5.74) is 4.83. The van der Waals surface area contributed by atoms with Gasteiger partial charge in [-0.15, -0.1) is 10.2 Å². The van der Waals surface area contributed by atoms with Gasteiger partial charge in [-0.2, -0.15) is 0 Å². The standard InChI is InChI=1S/C26H26ClN5O2S/c1-17-7-11-21(12-8-17)29-25(33)28-15-24-30-31-26(32(24)23-14-20(27)10-9-18(23)2)35-16-19-5-4-6-22(13-19)34-3/h4-14H,15-16H2,1-3H3,(H2,28,29,33). The van der Waals surface area contributed by atoms with Crippen molar-refractivity contribution in [1.29, 1.82) is 0 Å². The molecule has 7 nitrogen and oxygen atoms in total. The third kappa shape index (κ3) is 6.35. The SMILES string of the molecule is COc1cccc(CSc2nnc(CNC(=O)Nc3ccc(C)cc3)n2-c2cc(Cl)ccc2C)c1. The fourth-order valence-corrected chi connectivity index (χ4v) is 4.53. The predicted molar refractivity (Wildman–Crippen MR) is 141 cm³/mol. The Labute approximate surface area is 213 Å². The molecule has 4 aromatic rings. The van der Waals surface area contributed by atoms with E-state index in [1.807, 2.05) is 85.1 Å². The lowest BCUT2D eigenvalue weighted by molar-refractivity contribution is 0.251. The molecule has 0 aliphatic heterocycles. The number of thioether (sulfide) groups is 1. The number of benzene rings is 3. The summed E-state index contributed by atoms with van der Waals surface area (Å²) in [6.45, 7) is 4.19. The molecule has 2 amide bonds. The highest BCUT2D eigenvalue weighted by molar-refractivity contribution is 7.98. The summed E-state index contributed by atoms with van der Waals surface area (Å²) in [5, 5.41) is 15.8. The lowest BCUT2D eigenvalue weighted by Crippen LogP contribution is -2.29. The summed E-state index contributed by atoms with van der Waals surface area (Å²) in [5.74, 6) is 2.08. The Bertz CT molecular complexity index is 1320. The topological polar surface area (TPSA) is 81.1 Å². The Balaban J connectivity index is 1.55. The van der Waals surface area contributed by atoms with E-state index in [0.717, 1.165) is 33.8 Å². The van der Waals surface area contributed by atoms with E-state index in [1.165, 1.54) is 0 Å². The minimum absolute atomic E-state index is 0.191. The van der Waals surface area contributed by atoms with Gasteiger partial charge in [-0.05, 0) is 61.4 Å². The van der Waals surface area contributed by atoms with Gasteiger partial charge in [0, 0.05) is 16.5 Å². The van der Waals surface area contributed by atoms with Gasteiger partial charge in [0.1, 0.15) is 5.75 Å². The van der Waals surface area contributed by atoms with E-state index in [0.29, 0.717) is 21.8 Å². The zero-order valence-electron chi connectivity index (χ0n) is 19.7. The number of hydrogen-bond acceptors (Lipinski definition) is 5. The number of aromatic nitrogens is 3. The number of amides is 2. The van der Waals surface area contributed by atoms with Crippen molar-refractivity contribution < 1.29 is 9.53 Å². The molecule has 0 aliphatic rings. The summed E-state index contributed by atoms with van der Waals surface area (Å²) in [6.07, 6.45) is 0. The molecule has 0 unspecified atom stereocenters. The van der Waals surface area contributed by atoms with E-state index in [2.05, 4.69) is 20.8 Å². The van der Waals surface area contributed by atoms with Crippen molar-refractivity contribution in [1.82, 2.24) is 20.1 Å². The van der Waals surface area contributed by atoms with Crippen LogP contribution >= 0.6 is 23.4 Å². The summed E-state index contributed by atoms with van der Waals surface area (Å²) in [6, 6.07) is 20.9. The van der Waals surface area contributed by atoms with Crippen LogP contribution in [0.5, 0.6) is 5.75 Å². The Hall–Kier alpha value is -3.49. The van der Waals surface area contributed by atoms with Crippen LogP contribution in [-0.4, -0.2) is 27.9 Å². The maximum absolute atomic E-state index is 12.5. The largest absolute Gasteiger partial charge is 0.497 e. The average Bonchev–Trinajstić information content (AvgIpc) is 3.27. The molecule has 0 saturated carbocycles. The second-order valence-electron chi connectivity index (χ2n) is 7.98. The first kappa shape index (κ1) is 24.6. The summed E-state index contributed by atoms with van der Waals surface area (Å²) >= 11 is 7.87. The van der Waals surface area contributed by atoms with Gasteiger partial charge in [0.05, 0.1) is 19.3 Å². The highest BCUT2D eigenvalue weighted by Gasteiger charge is 2.17. The third-order valence-corrected chi connectivity index (χ3v) is 6.57. The minimum Gasteiger partial charge on any atom is -0.497 e. The van der Waals surface area contributed by atoms with E-state index in [9.17, 15) is 4.79 Å². The number of carbonyl (C=O) groups is 1. The number of nitrogens with zero attached hydrogens (tertiary/aromatic N) is 3. The van der Waals surface area contributed by atoms with E-state index in [1.54, 1.807) is 18.9 Å². The molecule has 0 spiro atoms. The monoisotopic (exact) mass is 507 g/mol. The molecule has 35 heavy (non-hydrogen) atoms. The highest BCUT2D eigenvalue weighted by atomic mass is 35.5. The maximum atomic E-state index is 12.5. The lowest BCUT2D eigenvalue weighted by atomic mass is 10.2. The van der Waals surface area contributed by atoms with Gasteiger partial charge in [0.25, 0.3) is 0 Å². The lowest BCUT2D eigenvalue weighted by Gasteiger charge is -2.14. The van der Waals surface area contributed by atoms with Crippen molar-refractivity contribution in [2.24, 2.45) is 0 Å². The zero-order chi connectivity index (χ0) is 24.8. The van der Waals surface area contributed by atoms with E-state index in [4.69, 9.17) is 16.3 Å². The van der Waals surface area contributed by atoms with E-state index in [-0.39, 0.29) is 12.6 Å². The number of ether oxygens (including phenoxy) is 1. The van der Waals surface area contributed by atoms with Gasteiger partial charge in [-0.3, -0.25) is 4.57 Å². The van der Waals surface area contributed by atoms with Gasteiger partial charge in [0.2, 0.25) is 0 Å². The van der Waals surface area contributed by atoms with Crippen molar-refractivity contribution in [2.45, 2.75) is 31.3 Å². The molecule has 0 aliphatic carbocycles. The van der Waals surface area contributed by atoms with Crippen LogP contribution in [0.3, 0.4) is 0 Å². The Morgan fingerprint density at radius 3 is 2.63 bits per heavy atom. The van der Waals surface area contributed by atoms with E-state index >= 15 is 0 Å². The van der Waals surface area contributed by atoms with Crippen LogP contribution in [0.1, 0.15) is 22.5 Å². The van der Waals surface area contributed by atoms with Crippen LogP contribution in [0.15, 0.2) is 71.9 Å². The highest BCUT2D eigenvalue weighted by Crippen LogP contribution is 2.29. The van der Waals surface area contributed by atoms with Gasteiger partial charge in [0.15, 0.2) is 11.0 Å². The molecule has 180 valence electrons. The first-order chi connectivity index (χ1) is 16.9. The first-order valence-electron chi connectivity index (χ1n) is 11.0. The molecule has 1 aromatic heterocycles. The van der Waals surface area contributed by atoms with Gasteiger partial charge in [-0.25, -0.2) is 4.79 Å². The van der Waals surface area contributed by atoms with Crippen molar-refractivity contribution in [2.75, 3.05) is 12.4 Å². The smallest absolute Gasteiger partial charge is 0.319 e. The molecular formula is C26H26ClN5O2S. The van der Waals surface area contributed by atoms with Crippen LogP contribution in [0.2, 0.25) is 5.02 Å². The zero-order valence-corrected chi connectivity index (χ0v) is 21.3. The molecule has 9 heteroatoms. The molecule has 0 saturated heterocycles. The number of nitrogens with one attached hydrogen (secondary N) is 2. The summed E-state index contributed by atoms with van der Waals surface area (Å²) < 4.78 is 7.28. The van der Waals surface area contributed by atoms with Gasteiger partial charge in [-0.1, -0.05) is 59.3 Å². The van der Waals surface area contributed by atoms with Crippen LogP contribution in [-0.2, 0) is 12.3 Å². The maximum Gasteiger partial charge on any atom is 0.319 e. The van der Waals surface area contributed by atoms with Crippen LogP contribution in [0, 0.1) is 13.8 Å². The Kier molecular flexibility index (Phi) is 7.94. The number of carbonyl (C=O) groups excluding carboxylic acids is 1. The molecule has 0 fully saturated rings. The number of rotatable bonds is 8. The summed E-state index contributed by atoms with van der Waals surface area (Å²) in [7, 11) is 1.65. The van der Waals surface area contributed by atoms with Gasteiger partial charge < -0.3 is 15.4 Å². The third-order valence-electron chi connectivity index (χ3n) is 5.33. The second-order valence-corrected chi connectivity index (χ2v) is 9.36. The van der Waals surface area contributed by atoms with Crippen molar-refractivity contribution in [3.8, 4) is 11.4 Å². The van der Waals surface area contributed by atoms with Crippen molar-refractivity contribution in [3.63, 3.8) is 0 Å². The molecule has 1 heterocycles. The number of aryl methyl sites for hydroxylation is 2. The van der Waals surface area contributed by atoms with Crippen LogP contribution < -0.4 is 15.4 Å². The Morgan fingerprint density at radius 1 is 1.06 bits per heavy atom. The molecule has 2 N–H and O–H groups in total. The summed E-state index contributed by atoms with van der Waals surface area (Å²) in [4.78, 5) is 12.5. The number of methoxy groups -OCH3 is 1. The quantitative estimate of drug-likeness (QED) is 0.279. The number of hydrogen-bond donors (Lipinski definition) is 2. The molecule has 4 rings (SSSR count). The van der Waals surface area contributed by atoms with Crippen LogP contribution in [0.4, 0.5) is 10.5 Å². The fraction of sp³-hybridized carbons (Fsp3) is 0.192. The second kappa shape index (κ2) is 11.3. The average molecular weight is 508 g/mol. The van der Waals surface area contributed by atoms with Crippen molar-refractivity contribution >= 4 is 35.1 Å². The van der Waals surface area contributed by atoms with Crippen molar-refractivity contribution in [3.05, 3.63) is 94.3 Å². The van der Waals surface area contributed by atoms with E-state index < -0.39 is 0 Å². The fourth-order valence-electron chi connectivity index (χ4n) is 3.46. The molecular weight excluding hydrogens is 482 g/mol. The molecule has 0 radical (unpaired) electrons.